The molecule has 0 bridgehead atoms. The maximum Gasteiger partial charge on any atom is 0.260 e. The highest BCUT2D eigenvalue weighted by Crippen LogP contribution is 2.20. The first-order valence-electron chi connectivity index (χ1n) is 4.76. The van der Waals surface area contributed by atoms with Crippen molar-refractivity contribution in [2.75, 3.05) is 7.05 Å². The molecule has 2 rings (SSSR count). The van der Waals surface area contributed by atoms with E-state index in [1.807, 2.05) is 6.07 Å². The summed E-state index contributed by atoms with van der Waals surface area (Å²) in [5.41, 5.74) is 7.79. The highest BCUT2D eigenvalue weighted by atomic mass is 16.2. The third-order valence-corrected chi connectivity index (χ3v) is 2.66. The standard InChI is InChI=1S/C11H12N2O2/c1-13-10(14)5-8-3-2-7(6-12)4-9(8)11(13)15/h2-4H,5-6,12H2,1H3. The summed E-state index contributed by atoms with van der Waals surface area (Å²) in [5, 5.41) is 0. The van der Waals surface area contributed by atoms with Gasteiger partial charge >= 0.3 is 0 Å². The maximum absolute atomic E-state index is 11.8. The zero-order chi connectivity index (χ0) is 11.0. The average molecular weight is 204 g/mol. The Morgan fingerprint density at radius 2 is 2.13 bits per heavy atom. The van der Waals surface area contributed by atoms with Gasteiger partial charge in [-0.25, -0.2) is 0 Å². The van der Waals surface area contributed by atoms with Gasteiger partial charge in [0, 0.05) is 19.2 Å². The zero-order valence-corrected chi connectivity index (χ0v) is 8.49. The van der Waals surface area contributed by atoms with Crippen molar-refractivity contribution in [3.8, 4) is 0 Å². The Morgan fingerprint density at radius 3 is 2.80 bits per heavy atom. The van der Waals surface area contributed by atoms with Crippen molar-refractivity contribution in [2.45, 2.75) is 13.0 Å². The number of benzene rings is 1. The fraction of sp³-hybridized carbons (Fsp3) is 0.273. The van der Waals surface area contributed by atoms with E-state index in [9.17, 15) is 9.59 Å². The van der Waals surface area contributed by atoms with Crippen molar-refractivity contribution >= 4 is 11.8 Å². The van der Waals surface area contributed by atoms with E-state index in [1.54, 1.807) is 12.1 Å². The molecule has 0 saturated carbocycles. The molecule has 0 radical (unpaired) electrons. The second-order valence-corrected chi connectivity index (χ2v) is 3.63. The van der Waals surface area contributed by atoms with E-state index in [0.717, 1.165) is 16.0 Å². The minimum absolute atomic E-state index is 0.159. The van der Waals surface area contributed by atoms with Crippen LogP contribution in [-0.2, 0) is 17.8 Å². The fourth-order valence-electron chi connectivity index (χ4n) is 1.68. The summed E-state index contributed by atoms with van der Waals surface area (Å²) in [6.45, 7) is 0.401. The molecule has 0 aromatic heterocycles. The number of nitrogens with zero attached hydrogens (tertiary/aromatic N) is 1. The zero-order valence-electron chi connectivity index (χ0n) is 8.49. The number of imide groups is 1. The van der Waals surface area contributed by atoms with E-state index < -0.39 is 0 Å². The topological polar surface area (TPSA) is 63.4 Å². The SMILES string of the molecule is CN1C(=O)Cc2ccc(CN)cc2C1=O. The molecule has 1 aromatic carbocycles. The predicted molar refractivity (Wildman–Crippen MR) is 55.1 cm³/mol. The molecule has 78 valence electrons. The molecule has 0 spiro atoms. The van der Waals surface area contributed by atoms with Gasteiger partial charge in [0.2, 0.25) is 5.91 Å². The van der Waals surface area contributed by atoms with Gasteiger partial charge in [-0.15, -0.1) is 0 Å². The number of carbonyl (C=O) groups is 2. The summed E-state index contributed by atoms with van der Waals surface area (Å²) in [6.07, 6.45) is 0.294. The van der Waals surface area contributed by atoms with Crippen LogP contribution in [0.15, 0.2) is 18.2 Å². The number of amides is 2. The van der Waals surface area contributed by atoms with Crippen LogP contribution in [0.3, 0.4) is 0 Å². The second kappa shape index (κ2) is 3.47. The van der Waals surface area contributed by atoms with Crippen molar-refractivity contribution in [3.63, 3.8) is 0 Å². The Labute approximate surface area is 87.7 Å². The number of hydrogen-bond donors (Lipinski definition) is 1. The van der Waals surface area contributed by atoms with Crippen LogP contribution in [0.1, 0.15) is 21.5 Å². The lowest BCUT2D eigenvalue weighted by Gasteiger charge is -2.23. The van der Waals surface area contributed by atoms with E-state index in [4.69, 9.17) is 5.73 Å². The van der Waals surface area contributed by atoms with Crippen LogP contribution >= 0.6 is 0 Å². The van der Waals surface area contributed by atoms with Gasteiger partial charge in [0.15, 0.2) is 0 Å². The van der Waals surface area contributed by atoms with Gasteiger partial charge in [0.1, 0.15) is 0 Å². The van der Waals surface area contributed by atoms with Crippen molar-refractivity contribution in [2.24, 2.45) is 5.73 Å². The van der Waals surface area contributed by atoms with Gasteiger partial charge in [-0.3, -0.25) is 14.5 Å². The Bertz CT molecular complexity index is 440. The normalized spacial score (nSPS) is 15.5. The Morgan fingerprint density at radius 1 is 1.40 bits per heavy atom. The van der Waals surface area contributed by atoms with E-state index in [1.165, 1.54) is 7.05 Å². The molecule has 0 atom stereocenters. The molecule has 0 aliphatic carbocycles. The first-order valence-corrected chi connectivity index (χ1v) is 4.76. The van der Waals surface area contributed by atoms with Crippen LogP contribution in [0.2, 0.25) is 0 Å². The van der Waals surface area contributed by atoms with Crippen molar-refractivity contribution in [3.05, 3.63) is 34.9 Å². The maximum atomic E-state index is 11.8. The van der Waals surface area contributed by atoms with Crippen LogP contribution < -0.4 is 5.73 Å². The average Bonchev–Trinajstić information content (AvgIpc) is 2.26. The molecular weight excluding hydrogens is 192 g/mol. The molecule has 1 aromatic rings. The van der Waals surface area contributed by atoms with Gasteiger partial charge in [-0.2, -0.15) is 0 Å². The molecule has 15 heavy (non-hydrogen) atoms. The summed E-state index contributed by atoms with van der Waals surface area (Å²) >= 11 is 0. The smallest absolute Gasteiger partial charge is 0.260 e. The fourth-order valence-corrected chi connectivity index (χ4v) is 1.68. The number of fused-ring (bicyclic) bond motifs is 1. The van der Waals surface area contributed by atoms with Crippen LogP contribution in [0.4, 0.5) is 0 Å². The quantitative estimate of drug-likeness (QED) is 0.669. The molecule has 1 aliphatic heterocycles. The number of hydrogen-bond acceptors (Lipinski definition) is 3. The molecular formula is C11H12N2O2. The monoisotopic (exact) mass is 204 g/mol. The molecule has 4 heteroatoms. The van der Waals surface area contributed by atoms with Crippen LogP contribution in [-0.4, -0.2) is 23.8 Å². The van der Waals surface area contributed by atoms with Gasteiger partial charge < -0.3 is 5.73 Å². The minimum Gasteiger partial charge on any atom is -0.326 e. The van der Waals surface area contributed by atoms with Gasteiger partial charge in [0.05, 0.1) is 6.42 Å². The van der Waals surface area contributed by atoms with Crippen molar-refractivity contribution in [1.82, 2.24) is 4.90 Å². The largest absolute Gasteiger partial charge is 0.326 e. The first kappa shape index (κ1) is 9.86. The molecule has 0 saturated heterocycles. The molecule has 1 heterocycles. The number of likely N-dealkylation sites (N-methyl/N-ethyl adjacent to an activating group) is 1. The van der Waals surface area contributed by atoms with Gasteiger partial charge in [0.25, 0.3) is 5.91 Å². The third-order valence-electron chi connectivity index (χ3n) is 2.66. The van der Waals surface area contributed by atoms with Crippen LogP contribution in [0, 0.1) is 0 Å². The van der Waals surface area contributed by atoms with E-state index >= 15 is 0 Å². The summed E-state index contributed by atoms with van der Waals surface area (Å²) in [7, 11) is 1.50. The van der Waals surface area contributed by atoms with E-state index in [-0.39, 0.29) is 11.8 Å². The lowest BCUT2D eigenvalue weighted by Crippen LogP contribution is -2.39. The summed E-state index contributed by atoms with van der Waals surface area (Å²) in [5.74, 6) is -0.399. The van der Waals surface area contributed by atoms with Crippen LogP contribution in [0.5, 0.6) is 0 Å². The summed E-state index contributed by atoms with van der Waals surface area (Å²) in [4.78, 5) is 24.3. The predicted octanol–water partition coefficient (Wildman–Crippen LogP) is 0.300. The highest BCUT2D eigenvalue weighted by Gasteiger charge is 2.27. The van der Waals surface area contributed by atoms with Gasteiger partial charge in [-0.05, 0) is 17.2 Å². The summed E-state index contributed by atoms with van der Waals surface area (Å²) < 4.78 is 0. The first-order chi connectivity index (χ1) is 7.13. The molecule has 1 aliphatic rings. The Kier molecular flexibility index (Phi) is 2.28. The number of rotatable bonds is 1. The highest BCUT2D eigenvalue weighted by molar-refractivity contribution is 6.09. The molecule has 0 fully saturated rings. The Balaban J connectivity index is 2.51. The molecule has 0 unspecified atom stereocenters. The molecule has 2 N–H and O–H groups in total. The lowest BCUT2D eigenvalue weighted by atomic mass is 9.96. The van der Waals surface area contributed by atoms with Crippen LogP contribution in [0.25, 0.3) is 0 Å². The van der Waals surface area contributed by atoms with E-state index in [0.29, 0.717) is 18.5 Å². The number of nitrogens with two attached hydrogens (primary N) is 1. The van der Waals surface area contributed by atoms with Crippen molar-refractivity contribution < 1.29 is 9.59 Å². The Hall–Kier alpha value is -1.68. The van der Waals surface area contributed by atoms with Crippen molar-refractivity contribution in [1.29, 1.82) is 0 Å². The molecule has 4 nitrogen and oxygen atoms in total. The molecule has 2 amide bonds. The van der Waals surface area contributed by atoms with E-state index in [2.05, 4.69) is 0 Å². The van der Waals surface area contributed by atoms with Gasteiger partial charge in [-0.1, -0.05) is 12.1 Å². The minimum atomic E-state index is -0.239. The lowest BCUT2D eigenvalue weighted by molar-refractivity contribution is -0.127. The number of carbonyl (C=O) groups excluding carboxylic acids is 2. The summed E-state index contributed by atoms with van der Waals surface area (Å²) in [6, 6.07) is 5.42. The second-order valence-electron chi connectivity index (χ2n) is 3.63. The third kappa shape index (κ3) is 1.53.